The molecule has 1 fully saturated rings. The maximum atomic E-state index is 6.03. The second kappa shape index (κ2) is 5.44. The number of ether oxygens (including phenoxy) is 1. The molecule has 0 unspecified atom stereocenters. The molecule has 2 nitrogen and oxygen atoms in total. The van der Waals surface area contributed by atoms with Gasteiger partial charge in [-0.2, -0.15) is 0 Å². The summed E-state index contributed by atoms with van der Waals surface area (Å²) in [7, 11) is 0. The predicted molar refractivity (Wildman–Crippen MR) is 72.3 cm³/mol. The van der Waals surface area contributed by atoms with Crippen LogP contribution < -0.4 is 10.5 Å². The Labute approximate surface area is 104 Å². The molecule has 0 saturated heterocycles. The molecule has 1 aliphatic carbocycles. The van der Waals surface area contributed by atoms with Crippen molar-refractivity contribution in [2.45, 2.75) is 52.1 Å². The molecule has 2 heteroatoms. The molecule has 0 heterocycles. The summed E-state index contributed by atoms with van der Waals surface area (Å²) in [6, 6.07) is 5.96. The quantitative estimate of drug-likeness (QED) is 0.803. The van der Waals surface area contributed by atoms with Crippen LogP contribution in [-0.4, -0.2) is 6.10 Å². The third-order valence-corrected chi connectivity index (χ3v) is 3.92. The lowest BCUT2D eigenvalue weighted by molar-refractivity contribution is 0.130. The number of hydrogen-bond donors (Lipinski definition) is 1. The molecule has 2 N–H and O–H groups in total. The van der Waals surface area contributed by atoms with Gasteiger partial charge in [0.25, 0.3) is 0 Å². The van der Waals surface area contributed by atoms with Gasteiger partial charge in [0.2, 0.25) is 0 Å². The van der Waals surface area contributed by atoms with Crippen LogP contribution >= 0.6 is 0 Å². The summed E-state index contributed by atoms with van der Waals surface area (Å²) in [4.78, 5) is 0. The molecule has 0 aliphatic heterocycles. The average Bonchev–Trinajstić information content (AvgIpc) is 2.35. The molecule has 1 aromatic rings. The topological polar surface area (TPSA) is 35.2 Å². The Hall–Kier alpha value is -1.18. The highest BCUT2D eigenvalue weighted by atomic mass is 16.5. The molecule has 0 aromatic heterocycles. The minimum Gasteiger partial charge on any atom is -0.490 e. The number of anilines is 1. The summed E-state index contributed by atoms with van der Waals surface area (Å²) in [6.07, 6.45) is 6.74. The minimum atomic E-state index is 0.404. The van der Waals surface area contributed by atoms with E-state index >= 15 is 0 Å². The second-order valence-electron chi connectivity index (χ2n) is 5.19. The van der Waals surface area contributed by atoms with E-state index in [0.29, 0.717) is 6.10 Å². The molecule has 0 atom stereocenters. The largest absolute Gasteiger partial charge is 0.490 e. The van der Waals surface area contributed by atoms with Gasteiger partial charge < -0.3 is 10.5 Å². The Morgan fingerprint density at radius 2 is 1.94 bits per heavy atom. The predicted octanol–water partition coefficient (Wildman–Crippen LogP) is 3.92. The van der Waals surface area contributed by atoms with Gasteiger partial charge in [0.1, 0.15) is 5.75 Å². The van der Waals surface area contributed by atoms with E-state index in [1.54, 1.807) is 0 Å². The van der Waals surface area contributed by atoms with E-state index in [4.69, 9.17) is 10.5 Å². The molecule has 94 valence electrons. The van der Waals surface area contributed by atoms with Gasteiger partial charge in [-0.15, -0.1) is 0 Å². The highest BCUT2D eigenvalue weighted by molar-refractivity contribution is 5.49. The SMILES string of the molecule is CCC1CCC(Oc2ccc(N)c(C)c2)CC1. The lowest BCUT2D eigenvalue weighted by atomic mass is 9.86. The summed E-state index contributed by atoms with van der Waals surface area (Å²) in [6.45, 7) is 4.31. The third-order valence-electron chi connectivity index (χ3n) is 3.92. The number of hydrogen-bond acceptors (Lipinski definition) is 2. The van der Waals surface area contributed by atoms with E-state index in [-0.39, 0.29) is 0 Å². The standard InChI is InChI=1S/C15H23NO/c1-3-12-4-6-13(7-5-12)17-14-8-9-15(16)11(2)10-14/h8-10,12-13H,3-7,16H2,1-2H3. The van der Waals surface area contributed by atoms with Crippen LogP contribution in [0.5, 0.6) is 5.75 Å². The second-order valence-corrected chi connectivity index (χ2v) is 5.19. The first-order chi connectivity index (χ1) is 8.19. The van der Waals surface area contributed by atoms with E-state index in [0.717, 1.165) is 22.9 Å². The van der Waals surface area contributed by atoms with Crippen LogP contribution in [0, 0.1) is 12.8 Å². The number of benzene rings is 1. The fourth-order valence-corrected chi connectivity index (χ4v) is 2.57. The van der Waals surface area contributed by atoms with Crippen LogP contribution in [0.15, 0.2) is 18.2 Å². The molecule has 1 aliphatic rings. The zero-order valence-electron chi connectivity index (χ0n) is 10.9. The van der Waals surface area contributed by atoms with Gasteiger partial charge in [-0.05, 0) is 62.3 Å². The number of nitrogens with two attached hydrogens (primary N) is 1. The van der Waals surface area contributed by atoms with Gasteiger partial charge >= 0.3 is 0 Å². The number of nitrogen functional groups attached to an aromatic ring is 1. The Morgan fingerprint density at radius 3 is 2.53 bits per heavy atom. The lowest BCUT2D eigenvalue weighted by Gasteiger charge is -2.28. The van der Waals surface area contributed by atoms with Crippen molar-refractivity contribution < 1.29 is 4.74 Å². The summed E-state index contributed by atoms with van der Waals surface area (Å²) in [5, 5.41) is 0. The smallest absolute Gasteiger partial charge is 0.120 e. The first kappa shape index (κ1) is 12.3. The Kier molecular flexibility index (Phi) is 3.93. The normalized spacial score (nSPS) is 24.6. The average molecular weight is 233 g/mol. The first-order valence-electron chi connectivity index (χ1n) is 6.71. The van der Waals surface area contributed by atoms with Gasteiger partial charge in [0.05, 0.1) is 6.10 Å². The van der Waals surface area contributed by atoms with Crippen molar-refractivity contribution in [3.63, 3.8) is 0 Å². The van der Waals surface area contributed by atoms with Gasteiger partial charge in [0.15, 0.2) is 0 Å². The molecule has 2 rings (SSSR count). The van der Waals surface area contributed by atoms with Crippen molar-refractivity contribution in [3.05, 3.63) is 23.8 Å². The fourth-order valence-electron chi connectivity index (χ4n) is 2.57. The number of rotatable bonds is 3. The van der Waals surface area contributed by atoms with Crippen molar-refractivity contribution >= 4 is 5.69 Å². The Balaban J connectivity index is 1.91. The first-order valence-corrected chi connectivity index (χ1v) is 6.71. The summed E-state index contributed by atoms with van der Waals surface area (Å²) in [5.41, 5.74) is 7.74. The monoisotopic (exact) mass is 233 g/mol. The molecular formula is C15H23NO. The molecular weight excluding hydrogens is 210 g/mol. The third kappa shape index (κ3) is 3.15. The van der Waals surface area contributed by atoms with Crippen LogP contribution in [0.25, 0.3) is 0 Å². The molecule has 1 saturated carbocycles. The van der Waals surface area contributed by atoms with E-state index in [9.17, 15) is 0 Å². The highest BCUT2D eigenvalue weighted by Crippen LogP contribution is 2.30. The van der Waals surface area contributed by atoms with E-state index in [2.05, 4.69) is 6.92 Å². The van der Waals surface area contributed by atoms with Crippen molar-refractivity contribution in [1.82, 2.24) is 0 Å². The van der Waals surface area contributed by atoms with Gasteiger partial charge in [-0.25, -0.2) is 0 Å². The van der Waals surface area contributed by atoms with Crippen molar-refractivity contribution in [1.29, 1.82) is 0 Å². The zero-order valence-corrected chi connectivity index (χ0v) is 10.9. The van der Waals surface area contributed by atoms with Crippen molar-refractivity contribution in [2.75, 3.05) is 5.73 Å². The van der Waals surface area contributed by atoms with E-state index in [1.807, 2.05) is 25.1 Å². The van der Waals surface area contributed by atoms with Gasteiger partial charge in [-0.1, -0.05) is 13.3 Å². The molecule has 0 spiro atoms. The van der Waals surface area contributed by atoms with Crippen LogP contribution in [0.1, 0.15) is 44.6 Å². The maximum Gasteiger partial charge on any atom is 0.120 e. The minimum absolute atomic E-state index is 0.404. The Bertz CT molecular complexity index is 367. The number of aryl methyl sites for hydroxylation is 1. The maximum absolute atomic E-state index is 6.03. The molecule has 1 aromatic carbocycles. The summed E-state index contributed by atoms with van der Waals surface area (Å²) >= 11 is 0. The molecule has 0 amide bonds. The molecule has 17 heavy (non-hydrogen) atoms. The highest BCUT2D eigenvalue weighted by Gasteiger charge is 2.21. The van der Waals surface area contributed by atoms with Crippen LogP contribution in [0.3, 0.4) is 0 Å². The van der Waals surface area contributed by atoms with E-state index < -0.39 is 0 Å². The summed E-state index contributed by atoms with van der Waals surface area (Å²) < 4.78 is 6.03. The van der Waals surface area contributed by atoms with Gasteiger partial charge in [0, 0.05) is 5.69 Å². The zero-order chi connectivity index (χ0) is 12.3. The molecule has 0 radical (unpaired) electrons. The fraction of sp³-hybridized carbons (Fsp3) is 0.600. The van der Waals surface area contributed by atoms with Crippen molar-refractivity contribution in [3.8, 4) is 5.75 Å². The lowest BCUT2D eigenvalue weighted by Crippen LogP contribution is -2.23. The van der Waals surface area contributed by atoms with Crippen LogP contribution in [0.4, 0.5) is 5.69 Å². The van der Waals surface area contributed by atoms with Crippen LogP contribution in [-0.2, 0) is 0 Å². The van der Waals surface area contributed by atoms with Crippen LogP contribution in [0.2, 0.25) is 0 Å². The molecule has 0 bridgehead atoms. The van der Waals surface area contributed by atoms with E-state index in [1.165, 1.54) is 32.1 Å². The van der Waals surface area contributed by atoms with Gasteiger partial charge in [-0.3, -0.25) is 0 Å². The summed E-state index contributed by atoms with van der Waals surface area (Å²) in [5.74, 6) is 1.89. The Morgan fingerprint density at radius 1 is 1.24 bits per heavy atom. The van der Waals surface area contributed by atoms with Crippen molar-refractivity contribution in [2.24, 2.45) is 5.92 Å².